The second-order valence-corrected chi connectivity index (χ2v) is 4.83. The van der Waals surface area contributed by atoms with Crippen LogP contribution in [0.3, 0.4) is 0 Å². The highest BCUT2D eigenvalue weighted by Crippen LogP contribution is 2.10. The lowest BCUT2D eigenvalue weighted by Gasteiger charge is -2.07. The van der Waals surface area contributed by atoms with Gasteiger partial charge in [0.1, 0.15) is 5.82 Å². The Hall–Kier alpha value is -1.42. The van der Waals surface area contributed by atoms with E-state index in [9.17, 15) is 9.18 Å². The van der Waals surface area contributed by atoms with Crippen LogP contribution in [0.5, 0.6) is 0 Å². The number of nitrogens with one attached hydrogen (secondary N) is 1. The monoisotopic (exact) mass is 253 g/mol. The van der Waals surface area contributed by atoms with Crippen molar-refractivity contribution >= 4 is 5.97 Å². The van der Waals surface area contributed by atoms with Gasteiger partial charge < -0.3 is 10.4 Å². The van der Waals surface area contributed by atoms with E-state index < -0.39 is 11.8 Å². The van der Waals surface area contributed by atoms with Crippen LogP contribution in [0.2, 0.25) is 0 Å². The first-order valence-corrected chi connectivity index (χ1v) is 6.23. The normalized spacial score (nSPS) is 10.9. The molecule has 0 atom stereocenters. The molecule has 0 aliphatic rings. The zero-order valence-corrected chi connectivity index (χ0v) is 10.9. The number of carboxylic acid groups (broad SMARTS) is 1. The number of carboxylic acids is 1. The smallest absolute Gasteiger partial charge is 0.338 e. The van der Waals surface area contributed by atoms with Gasteiger partial charge in [-0.1, -0.05) is 19.9 Å². The fourth-order valence-corrected chi connectivity index (χ4v) is 1.71. The third kappa shape index (κ3) is 4.84. The summed E-state index contributed by atoms with van der Waals surface area (Å²) in [6, 6.07) is 4.23. The Kier molecular flexibility index (Phi) is 5.78. The third-order valence-corrected chi connectivity index (χ3v) is 2.73. The first-order chi connectivity index (χ1) is 8.50. The van der Waals surface area contributed by atoms with E-state index in [2.05, 4.69) is 19.2 Å². The van der Waals surface area contributed by atoms with Gasteiger partial charge >= 0.3 is 5.97 Å². The summed E-state index contributed by atoms with van der Waals surface area (Å²) >= 11 is 0. The molecule has 0 saturated heterocycles. The molecule has 1 aromatic carbocycles. The first kappa shape index (κ1) is 14.6. The van der Waals surface area contributed by atoms with Gasteiger partial charge in [-0.3, -0.25) is 0 Å². The summed E-state index contributed by atoms with van der Waals surface area (Å²) in [6.45, 7) is 5.81. The summed E-state index contributed by atoms with van der Waals surface area (Å²) < 4.78 is 13.4. The van der Waals surface area contributed by atoms with E-state index in [4.69, 9.17) is 5.11 Å². The van der Waals surface area contributed by atoms with Gasteiger partial charge in [-0.05, 0) is 43.0 Å². The van der Waals surface area contributed by atoms with Crippen molar-refractivity contribution in [1.29, 1.82) is 0 Å². The lowest BCUT2D eigenvalue weighted by molar-refractivity contribution is 0.0692. The van der Waals surface area contributed by atoms with Crippen LogP contribution in [0.25, 0.3) is 0 Å². The van der Waals surface area contributed by atoms with Crippen LogP contribution in [0.15, 0.2) is 18.2 Å². The van der Waals surface area contributed by atoms with Crippen LogP contribution in [0, 0.1) is 11.7 Å². The van der Waals surface area contributed by atoms with E-state index >= 15 is 0 Å². The van der Waals surface area contributed by atoms with Crippen molar-refractivity contribution in [2.75, 3.05) is 6.54 Å². The average Bonchev–Trinajstić information content (AvgIpc) is 2.27. The molecule has 0 aliphatic heterocycles. The molecule has 0 aliphatic carbocycles. The number of halogens is 1. The predicted octanol–water partition coefficient (Wildman–Crippen LogP) is 3.05. The van der Waals surface area contributed by atoms with Crippen LogP contribution < -0.4 is 5.32 Å². The molecule has 0 amide bonds. The van der Waals surface area contributed by atoms with E-state index in [1.165, 1.54) is 18.6 Å². The summed E-state index contributed by atoms with van der Waals surface area (Å²) in [7, 11) is 0. The summed E-state index contributed by atoms with van der Waals surface area (Å²) in [5, 5.41) is 11.9. The summed E-state index contributed by atoms with van der Waals surface area (Å²) in [5.74, 6) is -1.22. The van der Waals surface area contributed by atoms with E-state index in [0.29, 0.717) is 12.5 Å². The molecule has 0 unspecified atom stereocenters. The number of carbonyl (C=O) groups is 1. The molecule has 0 bridgehead atoms. The third-order valence-electron chi connectivity index (χ3n) is 2.73. The molecule has 0 fully saturated rings. The lowest BCUT2D eigenvalue weighted by Crippen LogP contribution is -2.15. The van der Waals surface area contributed by atoms with E-state index in [1.54, 1.807) is 6.07 Å². The van der Waals surface area contributed by atoms with Crippen molar-refractivity contribution in [1.82, 2.24) is 5.32 Å². The summed E-state index contributed by atoms with van der Waals surface area (Å²) in [4.78, 5) is 10.6. The maximum atomic E-state index is 13.4. The van der Waals surface area contributed by atoms with Crippen molar-refractivity contribution in [3.05, 3.63) is 35.1 Å². The lowest BCUT2D eigenvalue weighted by atomic mass is 10.1. The molecule has 18 heavy (non-hydrogen) atoms. The molecule has 4 heteroatoms. The SMILES string of the molecule is CC(C)CCCNCc1ccc(C(=O)O)c(F)c1. The second kappa shape index (κ2) is 7.11. The second-order valence-electron chi connectivity index (χ2n) is 4.83. The zero-order valence-electron chi connectivity index (χ0n) is 10.9. The summed E-state index contributed by atoms with van der Waals surface area (Å²) in [6.07, 6.45) is 2.26. The molecule has 0 saturated carbocycles. The molecule has 1 aromatic rings. The standard InChI is InChI=1S/C14H20FNO2/c1-10(2)4-3-7-16-9-11-5-6-12(14(17)18)13(15)8-11/h5-6,8,10,16H,3-4,7,9H2,1-2H3,(H,17,18). The maximum absolute atomic E-state index is 13.4. The van der Waals surface area contributed by atoms with Gasteiger partial charge in [0.25, 0.3) is 0 Å². The van der Waals surface area contributed by atoms with Gasteiger partial charge in [0.2, 0.25) is 0 Å². The number of rotatable bonds is 7. The Morgan fingerprint density at radius 1 is 1.44 bits per heavy atom. The van der Waals surface area contributed by atoms with Crippen molar-refractivity contribution in [2.24, 2.45) is 5.92 Å². The minimum absolute atomic E-state index is 0.279. The molecular formula is C14H20FNO2. The maximum Gasteiger partial charge on any atom is 0.338 e. The van der Waals surface area contributed by atoms with Crippen LogP contribution in [0.1, 0.15) is 42.6 Å². The predicted molar refractivity (Wildman–Crippen MR) is 69.1 cm³/mol. The van der Waals surface area contributed by atoms with E-state index in [0.717, 1.165) is 18.5 Å². The number of hydrogen-bond donors (Lipinski definition) is 2. The fraction of sp³-hybridized carbons (Fsp3) is 0.500. The first-order valence-electron chi connectivity index (χ1n) is 6.23. The quantitative estimate of drug-likeness (QED) is 0.734. The minimum Gasteiger partial charge on any atom is -0.478 e. The Balaban J connectivity index is 2.39. The molecule has 0 radical (unpaired) electrons. The van der Waals surface area contributed by atoms with Gasteiger partial charge in [0.15, 0.2) is 0 Å². The Morgan fingerprint density at radius 2 is 2.17 bits per heavy atom. The van der Waals surface area contributed by atoms with Gasteiger partial charge in [-0.2, -0.15) is 0 Å². The number of aromatic carboxylic acids is 1. The average molecular weight is 253 g/mol. The van der Waals surface area contributed by atoms with Crippen LogP contribution in [-0.2, 0) is 6.54 Å². The molecule has 0 aromatic heterocycles. The Morgan fingerprint density at radius 3 is 2.72 bits per heavy atom. The van der Waals surface area contributed by atoms with Gasteiger partial charge in [0.05, 0.1) is 5.56 Å². The van der Waals surface area contributed by atoms with Crippen LogP contribution in [0.4, 0.5) is 4.39 Å². The molecule has 2 N–H and O–H groups in total. The van der Waals surface area contributed by atoms with Crippen LogP contribution in [-0.4, -0.2) is 17.6 Å². The fourth-order valence-electron chi connectivity index (χ4n) is 1.71. The van der Waals surface area contributed by atoms with Gasteiger partial charge in [-0.25, -0.2) is 9.18 Å². The number of hydrogen-bond acceptors (Lipinski definition) is 2. The highest BCUT2D eigenvalue weighted by Gasteiger charge is 2.09. The van der Waals surface area contributed by atoms with Crippen LogP contribution >= 0.6 is 0 Å². The molecule has 3 nitrogen and oxygen atoms in total. The van der Waals surface area contributed by atoms with Crippen molar-refractivity contribution < 1.29 is 14.3 Å². The van der Waals surface area contributed by atoms with Crippen molar-refractivity contribution in [2.45, 2.75) is 33.2 Å². The number of benzene rings is 1. The Labute approximate surface area is 107 Å². The summed E-state index contributed by atoms with van der Waals surface area (Å²) in [5.41, 5.74) is 0.487. The van der Waals surface area contributed by atoms with Crippen molar-refractivity contribution in [3.63, 3.8) is 0 Å². The Bertz CT molecular complexity index is 405. The molecule has 0 heterocycles. The molecule has 0 spiro atoms. The van der Waals surface area contributed by atoms with E-state index in [1.807, 2.05) is 0 Å². The topological polar surface area (TPSA) is 49.3 Å². The largest absolute Gasteiger partial charge is 0.478 e. The zero-order chi connectivity index (χ0) is 13.5. The molecular weight excluding hydrogens is 233 g/mol. The molecule has 1 rings (SSSR count). The molecule has 100 valence electrons. The minimum atomic E-state index is -1.23. The van der Waals surface area contributed by atoms with Crippen molar-refractivity contribution in [3.8, 4) is 0 Å². The van der Waals surface area contributed by atoms with Gasteiger partial charge in [-0.15, -0.1) is 0 Å². The van der Waals surface area contributed by atoms with E-state index in [-0.39, 0.29) is 5.56 Å². The van der Waals surface area contributed by atoms with Gasteiger partial charge in [0, 0.05) is 6.54 Å². The highest BCUT2D eigenvalue weighted by atomic mass is 19.1. The highest BCUT2D eigenvalue weighted by molar-refractivity contribution is 5.87.